The second-order valence-electron chi connectivity index (χ2n) is 3.34. The Kier molecular flexibility index (Phi) is 4.02. The molecular formula is C10H12N2O5. The number of hydrogen-bond acceptors (Lipinski definition) is 5. The minimum absolute atomic E-state index is 0.107. The number of benzene rings is 1. The topological polar surface area (TPSA) is 136 Å². The Morgan fingerprint density at radius 3 is 2.18 bits per heavy atom. The molecule has 7 heteroatoms. The van der Waals surface area contributed by atoms with E-state index in [4.69, 9.17) is 21.2 Å². The van der Waals surface area contributed by atoms with Gasteiger partial charge < -0.3 is 26.3 Å². The van der Waals surface area contributed by atoms with Gasteiger partial charge in [-0.2, -0.15) is 0 Å². The van der Waals surface area contributed by atoms with E-state index >= 15 is 0 Å². The standard InChI is InChI=1S/C10H12N2O5/c11-9(12-17)6-3-1-5(2-4-6)7(13)8(14)10(15)16/h1-4,7-8,13-14,17H,(H2,11,12)(H,15,16). The van der Waals surface area contributed by atoms with E-state index in [1.54, 1.807) is 0 Å². The molecule has 1 aromatic rings. The summed E-state index contributed by atoms with van der Waals surface area (Å²) in [6.45, 7) is 0. The molecule has 0 aliphatic heterocycles. The minimum Gasteiger partial charge on any atom is -0.479 e. The van der Waals surface area contributed by atoms with Crippen LogP contribution in [0.15, 0.2) is 29.4 Å². The number of aliphatic carboxylic acids is 1. The molecule has 6 N–H and O–H groups in total. The molecule has 0 aliphatic carbocycles. The monoisotopic (exact) mass is 240 g/mol. The van der Waals surface area contributed by atoms with Crippen molar-refractivity contribution in [2.24, 2.45) is 10.9 Å². The van der Waals surface area contributed by atoms with Gasteiger partial charge in [-0.25, -0.2) is 4.79 Å². The molecule has 0 saturated carbocycles. The minimum atomic E-state index is -1.90. The number of aliphatic hydroxyl groups excluding tert-OH is 2. The van der Waals surface area contributed by atoms with E-state index in [1.165, 1.54) is 24.3 Å². The summed E-state index contributed by atoms with van der Waals surface area (Å²) in [6, 6.07) is 5.62. The highest BCUT2D eigenvalue weighted by molar-refractivity contribution is 5.96. The lowest BCUT2D eigenvalue weighted by atomic mass is 10.0. The van der Waals surface area contributed by atoms with Crippen LogP contribution in [0.2, 0.25) is 0 Å². The summed E-state index contributed by atoms with van der Waals surface area (Å²) < 4.78 is 0. The highest BCUT2D eigenvalue weighted by Crippen LogP contribution is 2.17. The number of oxime groups is 1. The molecule has 2 atom stereocenters. The Morgan fingerprint density at radius 2 is 1.76 bits per heavy atom. The lowest BCUT2D eigenvalue weighted by molar-refractivity contribution is -0.153. The lowest BCUT2D eigenvalue weighted by Gasteiger charge is -2.14. The molecule has 0 saturated heterocycles. The number of carboxylic acid groups (broad SMARTS) is 1. The fourth-order valence-corrected chi connectivity index (χ4v) is 1.23. The van der Waals surface area contributed by atoms with Gasteiger partial charge in [0.05, 0.1) is 0 Å². The van der Waals surface area contributed by atoms with Crippen molar-refractivity contribution >= 4 is 11.8 Å². The molecule has 0 aliphatic rings. The number of hydrogen-bond donors (Lipinski definition) is 5. The predicted octanol–water partition coefficient (Wildman–Crippen LogP) is -0.740. The second kappa shape index (κ2) is 5.28. The average molecular weight is 240 g/mol. The number of nitrogens with two attached hydrogens (primary N) is 1. The van der Waals surface area contributed by atoms with Crippen LogP contribution in [0.4, 0.5) is 0 Å². The quantitative estimate of drug-likeness (QED) is 0.203. The molecule has 0 bridgehead atoms. The Hall–Kier alpha value is -2.12. The number of aliphatic hydroxyl groups is 2. The van der Waals surface area contributed by atoms with Crippen LogP contribution in [0, 0.1) is 0 Å². The lowest BCUT2D eigenvalue weighted by Crippen LogP contribution is -2.27. The number of amidine groups is 1. The van der Waals surface area contributed by atoms with Gasteiger partial charge in [-0.05, 0) is 5.56 Å². The largest absolute Gasteiger partial charge is 0.479 e. The Bertz CT molecular complexity index is 429. The van der Waals surface area contributed by atoms with Gasteiger partial charge in [-0.3, -0.25) is 0 Å². The van der Waals surface area contributed by atoms with E-state index in [-0.39, 0.29) is 11.4 Å². The van der Waals surface area contributed by atoms with Crippen LogP contribution < -0.4 is 5.73 Å². The first-order valence-corrected chi connectivity index (χ1v) is 4.64. The fraction of sp³-hybridized carbons (Fsp3) is 0.200. The van der Waals surface area contributed by atoms with Crippen molar-refractivity contribution in [2.75, 3.05) is 0 Å². The van der Waals surface area contributed by atoms with Crippen molar-refractivity contribution in [3.05, 3.63) is 35.4 Å². The molecule has 0 heterocycles. The summed E-state index contributed by atoms with van der Waals surface area (Å²) in [5.41, 5.74) is 5.95. The summed E-state index contributed by atoms with van der Waals surface area (Å²) >= 11 is 0. The van der Waals surface area contributed by atoms with Gasteiger partial charge in [0.2, 0.25) is 0 Å². The van der Waals surface area contributed by atoms with Crippen molar-refractivity contribution < 1.29 is 25.3 Å². The third kappa shape index (κ3) is 2.92. The zero-order valence-electron chi connectivity index (χ0n) is 8.69. The highest BCUT2D eigenvalue weighted by Gasteiger charge is 2.24. The van der Waals surface area contributed by atoms with E-state index in [0.717, 1.165) is 0 Å². The first-order chi connectivity index (χ1) is 7.97. The Balaban J connectivity index is 2.91. The zero-order chi connectivity index (χ0) is 13.0. The van der Waals surface area contributed by atoms with Crippen molar-refractivity contribution in [1.29, 1.82) is 0 Å². The fourth-order valence-electron chi connectivity index (χ4n) is 1.23. The molecule has 0 amide bonds. The van der Waals surface area contributed by atoms with Gasteiger partial charge >= 0.3 is 5.97 Å². The van der Waals surface area contributed by atoms with Crippen LogP contribution in [0.25, 0.3) is 0 Å². The van der Waals surface area contributed by atoms with Crippen molar-refractivity contribution in [3.63, 3.8) is 0 Å². The van der Waals surface area contributed by atoms with Crippen LogP contribution in [-0.2, 0) is 4.79 Å². The molecule has 0 radical (unpaired) electrons. The first kappa shape index (κ1) is 12.9. The van der Waals surface area contributed by atoms with E-state index in [0.29, 0.717) is 5.56 Å². The smallest absolute Gasteiger partial charge is 0.335 e. The van der Waals surface area contributed by atoms with Crippen molar-refractivity contribution in [2.45, 2.75) is 12.2 Å². The molecule has 1 rings (SSSR count). The van der Waals surface area contributed by atoms with Crippen molar-refractivity contribution in [3.8, 4) is 0 Å². The third-order valence-corrected chi connectivity index (χ3v) is 2.21. The number of carbonyl (C=O) groups is 1. The molecule has 0 aromatic heterocycles. The summed E-state index contributed by atoms with van der Waals surface area (Å²) in [5, 5.41) is 38.4. The maximum atomic E-state index is 10.5. The van der Waals surface area contributed by atoms with E-state index in [9.17, 15) is 9.90 Å². The van der Waals surface area contributed by atoms with Crippen LogP contribution in [0.5, 0.6) is 0 Å². The number of carboxylic acids is 1. The van der Waals surface area contributed by atoms with Gasteiger partial charge in [0.1, 0.15) is 6.10 Å². The number of nitrogens with zero attached hydrogens (tertiary/aromatic N) is 1. The van der Waals surface area contributed by atoms with Gasteiger partial charge in [0.15, 0.2) is 11.9 Å². The zero-order valence-corrected chi connectivity index (χ0v) is 8.69. The van der Waals surface area contributed by atoms with E-state index in [1.807, 2.05) is 0 Å². The second-order valence-corrected chi connectivity index (χ2v) is 3.34. The molecule has 2 unspecified atom stereocenters. The molecule has 1 aromatic carbocycles. The van der Waals surface area contributed by atoms with Gasteiger partial charge in [0, 0.05) is 5.56 Å². The van der Waals surface area contributed by atoms with Crippen molar-refractivity contribution in [1.82, 2.24) is 0 Å². The maximum absolute atomic E-state index is 10.5. The SMILES string of the molecule is NC(=NO)c1ccc(C(O)C(O)C(=O)O)cc1. The molecule has 0 fully saturated rings. The van der Waals surface area contributed by atoms with Crippen LogP contribution in [-0.4, -0.2) is 38.4 Å². The summed E-state index contributed by atoms with van der Waals surface area (Å²) in [6.07, 6.45) is -3.43. The Labute approximate surface area is 96.4 Å². The Morgan fingerprint density at radius 1 is 1.24 bits per heavy atom. The molecule has 0 spiro atoms. The maximum Gasteiger partial charge on any atom is 0.335 e. The van der Waals surface area contributed by atoms with E-state index in [2.05, 4.69) is 5.16 Å². The normalized spacial score (nSPS) is 15.3. The van der Waals surface area contributed by atoms with Gasteiger partial charge in [-0.15, -0.1) is 0 Å². The van der Waals surface area contributed by atoms with Gasteiger partial charge in [-0.1, -0.05) is 29.4 Å². The van der Waals surface area contributed by atoms with Gasteiger partial charge in [0.25, 0.3) is 0 Å². The summed E-state index contributed by atoms with van der Waals surface area (Å²) in [4.78, 5) is 10.5. The summed E-state index contributed by atoms with van der Waals surface area (Å²) in [5.74, 6) is -1.62. The average Bonchev–Trinajstić information content (AvgIpc) is 2.36. The van der Waals surface area contributed by atoms with E-state index < -0.39 is 18.2 Å². The molecule has 7 nitrogen and oxygen atoms in total. The third-order valence-electron chi connectivity index (χ3n) is 2.21. The molecule has 17 heavy (non-hydrogen) atoms. The predicted molar refractivity (Wildman–Crippen MR) is 57.6 cm³/mol. The van der Waals surface area contributed by atoms with Crippen LogP contribution >= 0.6 is 0 Å². The molecular weight excluding hydrogens is 228 g/mol. The van der Waals surface area contributed by atoms with Crippen LogP contribution in [0.3, 0.4) is 0 Å². The number of rotatable bonds is 4. The summed E-state index contributed by atoms with van der Waals surface area (Å²) in [7, 11) is 0. The highest BCUT2D eigenvalue weighted by atomic mass is 16.4. The van der Waals surface area contributed by atoms with Crippen LogP contribution in [0.1, 0.15) is 17.2 Å². The molecule has 92 valence electrons. The first-order valence-electron chi connectivity index (χ1n) is 4.64.